The maximum absolute atomic E-state index is 14.2. The number of hydrogen-bond acceptors (Lipinski definition) is 7. The number of rotatable bonds is 10. The molecule has 44 heavy (non-hydrogen) atoms. The molecule has 0 unspecified atom stereocenters. The number of fused-ring (bicyclic) bond motifs is 1. The van der Waals surface area contributed by atoms with E-state index in [0.29, 0.717) is 35.7 Å². The molecule has 220 valence electrons. The zero-order valence-electron chi connectivity index (χ0n) is 24.3. The standard InChI is InChI=1S/C33H32N6O4.K.H/c1-4-5-10-29-28(31(40)38(32-34-20-35-39(29)32)24-15-17-25(18-16-24)42-21(2)3)19-22-11-13-23(14-12-22)26-8-6-7-9-27(26)30-36-33(41)43-37-30;;/h6-9,11-18,20-21H,4-5,10,19H2,1-3H3,(H,36,37,41);;. The second kappa shape index (κ2) is 14.0. The zero-order chi connectivity index (χ0) is 29.9. The SMILES string of the molecule is CCCCc1c(Cc2ccc(-c3ccccc3-c3noc(=O)[nH]3)cc2)c(=O)n(-c2ccc(OC(C)C)cc2)c2ncnn12.[KH]. The van der Waals surface area contributed by atoms with E-state index in [-0.39, 0.29) is 63.0 Å². The Bertz CT molecular complexity index is 1990. The van der Waals surface area contributed by atoms with Crippen molar-refractivity contribution in [1.29, 1.82) is 0 Å². The van der Waals surface area contributed by atoms with Gasteiger partial charge in [-0.15, -0.1) is 0 Å². The van der Waals surface area contributed by atoms with Crippen molar-refractivity contribution < 1.29 is 9.26 Å². The molecule has 0 radical (unpaired) electrons. The Labute approximate surface area is 296 Å². The molecule has 0 spiro atoms. The molecule has 6 rings (SSSR count). The van der Waals surface area contributed by atoms with Crippen LogP contribution >= 0.6 is 0 Å². The third-order valence-electron chi connectivity index (χ3n) is 7.30. The van der Waals surface area contributed by atoms with E-state index in [2.05, 4.69) is 27.1 Å². The van der Waals surface area contributed by atoms with Gasteiger partial charge in [-0.05, 0) is 67.6 Å². The summed E-state index contributed by atoms with van der Waals surface area (Å²) in [6, 6.07) is 23.2. The van der Waals surface area contributed by atoms with Gasteiger partial charge in [-0.25, -0.2) is 13.9 Å². The third kappa shape index (κ3) is 6.57. The van der Waals surface area contributed by atoms with Gasteiger partial charge in [-0.1, -0.05) is 67.0 Å². The number of aromatic nitrogens is 6. The Balaban J connectivity index is 0.00000384. The molecule has 0 saturated carbocycles. The molecular weight excluding hydrogens is 583 g/mol. The number of nitrogens with one attached hydrogen (secondary N) is 1. The Kier molecular flexibility index (Phi) is 10.1. The maximum atomic E-state index is 14.2. The number of aromatic amines is 1. The van der Waals surface area contributed by atoms with Crippen molar-refractivity contribution in [2.24, 2.45) is 0 Å². The van der Waals surface area contributed by atoms with Gasteiger partial charge in [0.25, 0.3) is 5.56 Å². The van der Waals surface area contributed by atoms with E-state index in [1.54, 1.807) is 9.08 Å². The summed E-state index contributed by atoms with van der Waals surface area (Å²) in [4.78, 5) is 32.9. The van der Waals surface area contributed by atoms with Crippen LogP contribution in [0, 0.1) is 0 Å². The average molecular weight is 617 g/mol. The molecule has 0 aliphatic rings. The average Bonchev–Trinajstić information content (AvgIpc) is 3.67. The van der Waals surface area contributed by atoms with Crippen molar-refractivity contribution in [2.45, 2.75) is 52.6 Å². The Morgan fingerprint density at radius 2 is 1.68 bits per heavy atom. The third-order valence-corrected chi connectivity index (χ3v) is 7.30. The normalized spacial score (nSPS) is 11.2. The summed E-state index contributed by atoms with van der Waals surface area (Å²) in [5.41, 5.74) is 5.72. The zero-order valence-corrected chi connectivity index (χ0v) is 24.3. The van der Waals surface area contributed by atoms with E-state index in [0.717, 1.165) is 46.5 Å². The predicted molar refractivity (Wildman–Crippen MR) is 171 cm³/mol. The van der Waals surface area contributed by atoms with Gasteiger partial charge in [0.05, 0.1) is 17.5 Å². The minimum atomic E-state index is -0.603. The number of nitrogens with zero attached hydrogens (tertiary/aromatic N) is 5. The van der Waals surface area contributed by atoms with E-state index < -0.39 is 5.76 Å². The molecule has 11 heteroatoms. The van der Waals surface area contributed by atoms with E-state index in [9.17, 15) is 9.59 Å². The molecule has 0 aliphatic carbocycles. The van der Waals surface area contributed by atoms with Crippen LogP contribution in [0.2, 0.25) is 0 Å². The summed E-state index contributed by atoms with van der Waals surface area (Å²) in [6.45, 7) is 6.08. The van der Waals surface area contributed by atoms with Gasteiger partial charge in [0.1, 0.15) is 12.1 Å². The molecule has 3 aromatic heterocycles. The van der Waals surface area contributed by atoms with Crippen LogP contribution in [-0.2, 0) is 12.8 Å². The molecule has 0 fully saturated rings. The second-order valence-corrected chi connectivity index (χ2v) is 10.7. The van der Waals surface area contributed by atoms with Gasteiger partial charge in [-0.2, -0.15) is 10.1 Å². The minimum absolute atomic E-state index is 0. The summed E-state index contributed by atoms with van der Waals surface area (Å²) in [5.74, 6) is 0.987. The fourth-order valence-corrected chi connectivity index (χ4v) is 5.31. The fourth-order valence-electron chi connectivity index (χ4n) is 5.31. The predicted octanol–water partition coefficient (Wildman–Crippen LogP) is 4.96. The molecule has 1 N–H and O–H groups in total. The van der Waals surface area contributed by atoms with Crippen LogP contribution in [0.15, 0.2) is 93.2 Å². The molecule has 3 heterocycles. The number of ether oxygens (including phenoxy) is 1. The fraction of sp³-hybridized carbons (Fsp3) is 0.242. The molecule has 10 nitrogen and oxygen atoms in total. The van der Waals surface area contributed by atoms with Gasteiger partial charge in [0, 0.05) is 17.5 Å². The first-order valence-electron chi connectivity index (χ1n) is 14.4. The number of benzene rings is 3. The van der Waals surface area contributed by atoms with Crippen molar-refractivity contribution in [3.8, 4) is 34.0 Å². The van der Waals surface area contributed by atoms with Gasteiger partial charge in [0.2, 0.25) is 5.78 Å². The van der Waals surface area contributed by atoms with Crippen molar-refractivity contribution in [1.82, 2.24) is 29.3 Å². The van der Waals surface area contributed by atoms with Crippen LogP contribution in [0.25, 0.3) is 34.0 Å². The first-order chi connectivity index (χ1) is 20.9. The second-order valence-electron chi connectivity index (χ2n) is 10.7. The monoisotopic (exact) mass is 616 g/mol. The summed E-state index contributed by atoms with van der Waals surface area (Å²) in [5, 5.41) is 8.39. The molecule has 0 aliphatic heterocycles. The number of H-pyrrole nitrogens is 1. The van der Waals surface area contributed by atoms with Gasteiger partial charge >= 0.3 is 57.1 Å². The van der Waals surface area contributed by atoms with E-state index >= 15 is 0 Å². The molecular formula is C33H33KN6O4. The van der Waals surface area contributed by atoms with Crippen molar-refractivity contribution in [2.75, 3.05) is 0 Å². The first-order valence-corrected chi connectivity index (χ1v) is 14.4. The van der Waals surface area contributed by atoms with E-state index in [1.807, 2.05) is 86.6 Å². The van der Waals surface area contributed by atoms with Crippen LogP contribution in [0.5, 0.6) is 5.75 Å². The Morgan fingerprint density at radius 3 is 2.34 bits per heavy atom. The number of hydrogen-bond donors (Lipinski definition) is 1. The van der Waals surface area contributed by atoms with E-state index in [4.69, 9.17) is 9.26 Å². The molecule has 0 amide bonds. The summed E-state index contributed by atoms with van der Waals surface area (Å²) in [6.07, 6.45) is 4.60. The van der Waals surface area contributed by atoms with Crippen LogP contribution in [0.1, 0.15) is 50.4 Å². The number of aryl methyl sites for hydroxylation is 1. The van der Waals surface area contributed by atoms with Crippen molar-refractivity contribution >= 4 is 57.2 Å². The molecule has 0 saturated heterocycles. The van der Waals surface area contributed by atoms with Crippen molar-refractivity contribution in [3.05, 3.63) is 117 Å². The summed E-state index contributed by atoms with van der Waals surface area (Å²) in [7, 11) is 0. The van der Waals surface area contributed by atoms with Crippen LogP contribution in [0.3, 0.4) is 0 Å². The van der Waals surface area contributed by atoms with Crippen molar-refractivity contribution in [3.63, 3.8) is 0 Å². The Hall–Kier alpha value is -3.61. The quantitative estimate of drug-likeness (QED) is 0.216. The first kappa shape index (κ1) is 31.8. The van der Waals surface area contributed by atoms with Crippen LogP contribution in [0.4, 0.5) is 0 Å². The van der Waals surface area contributed by atoms with E-state index in [1.165, 1.54) is 6.33 Å². The van der Waals surface area contributed by atoms with Gasteiger partial charge in [0.15, 0.2) is 5.82 Å². The van der Waals surface area contributed by atoms with Crippen LogP contribution < -0.4 is 16.1 Å². The summed E-state index contributed by atoms with van der Waals surface area (Å²) < 4.78 is 14.0. The summed E-state index contributed by atoms with van der Waals surface area (Å²) >= 11 is 0. The molecule has 0 atom stereocenters. The van der Waals surface area contributed by atoms with Crippen LogP contribution in [-0.4, -0.2) is 86.8 Å². The number of unbranched alkanes of at least 4 members (excludes halogenated alkanes) is 1. The topological polar surface area (TPSA) is 120 Å². The Morgan fingerprint density at radius 1 is 0.955 bits per heavy atom. The molecule has 6 aromatic rings. The molecule has 3 aromatic carbocycles. The molecule has 0 bridgehead atoms. The van der Waals surface area contributed by atoms with Gasteiger partial charge < -0.3 is 4.74 Å². The van der Waals surface area contributed by atoms with Gasteiger partial charge in [-0.3, -0.25) is 14.3 Å².